The molecule has 0 saturated heterocycles. The molecule has 1 saturated carbocycles. The summed E-state index contributed by atoms with van der Waals surface area (Å²) in [5, 5.41) is 0. The van der Waals surface area contributed by atoms with Crippen LogP contribution >= 0.6 is 0 Å². The minimum Gasteiger partial charge on any atom is -0.203 e. The molecule has 3 aliphatic rings. The van der Waals surface area contributed by atoms with E-state index in [1.165, 1.54) is 44.1 Å². The number of fused-ring (bicyclic) bond motifs is 3. The highest BCUT2D eigenvalue weighted by Crippen LogP contribution is 2.46. The molecule has 0 aliphatic heterocycles. The molecule has 1 atom stereocenters. The van der Waals surface area contributed by atoms with Crippen LogP contribution in [0.2, 0.25) is 0 Å². The minimum absolute atomic E-state index is 0.00577. The molecule has 3 aliphatic carbocycles. The average Bonchev–Trinajstić information content (AvgIpc) is 3.32. The van der Waals surface area contributed by atoms with Crippen LogP contribution in [0.1, 0.15) is 132 Å². The average molecular weight is 541 g/mol. The van der Waals surface area contributed by atoms with Gasteiger partial charge in [0.15, 0.2) is 23.3 Å². The predicted molar refractivity (Wildman–Crippen MR) is 152 cm³/mol. The van der Waals surface area contributed by atoms with Gasteiger partial charge >= 0.3 is 0 Å². The smallest absolute Gasteiger partial charge is 0.167 e. The van der Waals surface area contributed by atoms with Crippen molar-refractivity contribution in [2.75, 3.05) is 0 Å². The fourth-order valence-electron chi connectivity index (χ4n) is 7.52. The minimum atomic E-state index is -1.03. The first-order valence-corrected chi connectivity index (χ1v) is 15.6. The molecule has 1 unspecified atom stereocenters. The quantitative estimate of drug-likeness (QED) is 0.136. The Balaban J connectivity index is 1.30. The zero-order valence-electron chi connectivity index (χ0n) is 23.8. The molecule has 0 N–H and O–H groups in total. The number of hydrogen-bond acceptors (Lipinski definition) is 0. The van der Waals surface area contributed by atoms with Crippen LogP contribution in [0.3, 0.4) is 0 Å². The van der Waals surface area contributed by atoms with Crippen molar-refractivity contribution in [3.05, 3.63) is 69.3 Å². The van der Waals surface area contributed by atoms with Crippen LogP contribution in [0.4, 0.5) is 17.6 Å². The second-order valence-electron chi connectivity index (χ2n) is 12.5. The number of halogens is 4. The van der Waals surface area contributed by atoms with Gasteiger partial charge in [-0.05, 0) is 104 Å². The zero-order valence-corrected chi connectivity index (χ0v) is 23.8. The summed E-state index contributed by atoms with van der Waals surface area (Å²) in [6.45, 7) is 4.41. The molecule has 0 aromatic heterocycles. The summed E-state index contributed by atoms with van der Waals surface area (Å²) in [4.78, 5) is 0. The largest absolute Gasteiger partial charge is 0.203 e. The Morgan fingerprint density at radius 2 is 1.41 bits per heavy atom. The van der Waals surface area contributed by atoms with Gasteiger partial charge in [0.1, 0.15) is 0 Å². The Morgan fingerprint density at radius 3 is 2.08 bits per heavy atom. The molecule has 212 valence electrons. The van der Waals surface area contributed by atoms with Crippen LogP contribution in [0.15, 0.2) is 23.8 Å². The molecule has 0 amide bonds. The number of rotatable bonds is 10. The summed E-state index contributed by atoms with van der Waals surface area (Å²) < 4.78 is 61.4. The van der Waals surface area contributed by atoms with Gasteiger partial charge in [-0.3, -0.25) is 0 Å². The van der Waals surface area contributed by atoms with Gasteiger partial charge in [0.25, 0.3) is 0 Å². The van der Waals surface area contributed by atoms with E-state index in [2.05, 4.69) is 19.9 Å². The summed E-state index contributed by atoms with van der Waals surface area (Å²) in [6.07, 6.45) is 18.3. The van der Waals surface area contributed by atoms with E-state index in [1.54, 1.807) is 12.1 Å². The molecule has 0 nitrogen and oxygen atoms in total. The van der Waals surface area contributed by atoms with E-state index in [1.807, 2.05) is 0 Å². The summed E-state index contributed by atoms with van der Waals surface area (Å²) in [7, 11) is 0. The molecule has 5 rings (SSSR count). The van der Waals surface area contributed by atoms with Crippen molar-refractivity contribution in [2.45, 2.75) is 122 Å². The fraction of sp³-hybridized carbons (Fsp3) is 0.600. The maximum atomic E-state index is 15.5. The Morgan fingerprint density at radius 1 is 0.692 bits per heavy atom. The number of unbranched alkanes of at least 4 members (excludes halogenated alkanes) is 2. The van der Waals surface area contributed by atoms with Gasteiger partial charge < -0.3 is 0 Å². The summed E-state index contributed by atoms with van der Waals surface area (Å²) in [6, 6.07) is 3.46. The number of allylic oxidation sites excluding steroid dienone is 2. The third-order valence-electron chi connectivity index (χ3n) is 9.84. The SMILES string of the molecule is CCCCCC1CC=C(CCc2cc3c(c(F)c2F)-c2c(cc(C4CCC(CCC)CC4)c(F)c2F)C3)CC1. The molecule has 1 fully saturated rings. The summed E-state index contributed by atoms with van der Waals surface area (Å²) in [5.41, 5.74) is 3.12. The molecule has 4 heteroatoms. The molecule has 0 spiro atoms. The highest BCUT2D eigenvalue weighted by atomic mass is 19.2. The Kier molecular flexibility index (Phi) is 9.19. The molecule has 39 heavy (non-hydrogen) atoms. The molecular weight excluding hydrogens is 496 g/mol. The van der Waals surface area contributed by atoms with Crippen molar-refractivity contribution in [1.82, 2.24) is 0 Å². The van der Waals surface area contributed by atoms with Gasteiger partial charge in [-0.15, -0.1) is 0 Å². The molecule has 0 bridgehead atoms. The Hall–Kier alpha value is -2.10. The van der Waals surface area contributed by atoms with Gasteiger partial charge in [0.2, 0.25) is 0 Å². The molecule has 2 aromatic rings. The van der Waals surface area contributed by atoms with Gasteiger partial charge in [-0.25, -0.2) is 17.6 Å². The van der Waals surface area contributed by atoms with E-state index in [-0.39, 0.29) is 17.0 Å². The van der Waals surface area contributed by atoms with Gasteiger partial charge in [0, 0.05) is 11.1 Å². The lowest BCUT2D eigenvalue weighted by molar-refractivity contribution is 0.303. The van der Waals surface area contributed by atoms with Crippen molar-refractivity contribution < 1.29 is 17.6 Å². The van der Waals surface area contributed by atoms with E-state index in [4.69, 9.17) is 0 Å². The highest BCUT2D eigenvalue weighted by molar-refractivity contribution is 5.79. The molecule has 0 radical (unpaired) electrons. The van der Waals surface area contributed by atoms with E-state index < -0.39 is 23.3 Å². The standard InChI is InChI=1S/C35H44F4/c1-3-5-6-8-23-9-11-24(12-10-23)15-18-26-19-27-20-28-21-29(25-16-13-22(7-4-2)14-17-25)33(37)35(39)31(28)30(27)34(38)32(26)36/h11,19,21-23,25H,3-10,12-18,20H2,1-2H3. The van der Waals surface area contributed by atoms with Gasteiger partial charge in [0.05, 0.1) is 0 Å². The third kappa shape index (κ3) is 6.00. The Labute approximate surface area is 232 Å². The van der Waals surface area contributed by atoms with E-state index in [0.29, 0.717) is 41.0 Å². The fourth-order valence-corrected chi connectivity index (χ4v) is 7.52. The summed E-state index contributed by atoms with van der Waals surface area (Å²) in [5.74, 6) is -2.40. The molecule has 2 aromatic carbocycles. The summed E-state index contributed by atoms with van der Waals surface area (Å²) >= 11 is 0. The van der Waals surface area contributed by atoms with Crippen LogP contribution in [0.25, 0.3) is 11.1 Å². The van der Waals surface area contributed by atoms with Crippen LogP contribution in [-0.4, -0.2) is 0 Å². The second kappa shape index (κ2) is 12.6. The monoisotopic (exact) mass is 540 g/mol. The highest BCUT2D eigenvalue weighted by Gasteiger charge is 2.34. The third-order valence-corrected chi connectivity index (χ3v) is 9.84. The van der Waals surface area contributed by atoms with Crippen molar-refractivity contribution >= 4 is 0 Å². The number of aryl methyl sites for hydroxylation is 1. The van der Waals surface area contributed by atoms with Crippen molar-refractivity contribution in [3.8, 4) is 11.1 Å². The zero-order chi connectivity index (χ0) is 27.5. The lowest BCUT2D eigenvalue weighted by Crippen LogP contribution is -2.15. The normalized spacial score (nSPS) is 22.5. The van der Waals surface area contributed by atoms with Crippen LogP contribution < -0.4 is 0 Å². The second-order valence-corrected chi connectivity index (χ2v) is 12.5. The number of benzene rings is 2. The van der Waals surface area contributed by atoms with Crippen molar-refractivity contribution in [1.29, 1.82) is 0 Å². The first-order chi connectivity index (χ1) is 18.9. The van der Waals surface area contributed by atoms with Crippen LogP contribution in [-0.2, 0) is 12.8 Å². The van der Waals surface area contributed by atoms with Gasteiger partial charge in [-0.1, -0.05) is 76.2 Å². The molecular formula is C35H44F4. The lowest BCUT2D eigenvalue weighted by atomic mass is 9.76. The van der Waals surface area contributed by atoms with Crippen molar-refractivity contribution in [3.63, 3.8) is 0 Å². The van der Waals surface area contributed by atoms with Gasteiger partial charge in [-0.2, -0.15) is 0 Å². The van der Waals surface area contributed by atoms with Crippen LogP contribution in [0, 0.1) is 35.1 Å². The Bertz CT molecular complexity index is 1200. The number of hydrogen-bond donors (Lipinski definition) is 0. The van der Waals surface area contributed by atoms with Crippen LogP contribution in [0.5, 0.6) is 0 Å². The topological polar surface area (TPSA) is 0 Å². The van der Waals surface area contributed by atoms with Crippen molar-refractivity contribution in [2.24, 2.45) is 11.8 Å². The predicted octanol–water partition coefficient (Wildman–Crippen LogP) is 11.1. The van der Waals surface area contributed by atoms with E-state index in [0.717, 1.165) is 57.3 Å². The first-order valence-electron chi connectivity index (χ1n) is 15.6. The first kappa shape index (κ1) is 28.4. The lowest BCUT2D eigenvalue weighted by Gasteiger charge is -2.29. The maximum absolute atomic E-state index is 15.5. The van der Waals surface area contributed by atoms with E-state index in [9.17, 15) is 0 Å². The van der Waals surface area contributed by atoms with E-state index >= 15 is 17.6 Å². The maximum Gasteiger partial charge on any atom is 0.167 e. The molecule has 0 heterocycles.